The third kappa shape index (κ3) is 2.51. The third-order valence-electron chi connectivity index (χ3n) is 3.20. The van der Waals surface area contributed by atoms with Crippen LogP contribution >= 0.6 is 0 Å². The monoisotopic (exact) mass is 244 g/mol. The molecule has 2 aromatic rings. The highest BCUT2D eigenvalue weighted by molar-refractivity contribution is 5.86. The first kappa shape index (κ1) is 12.6. The predicted molar refractivity (Wildman–Crippen MR) is 70.4 cm³/mol. The van der Waals surface area contributed by atoms with Crippen LogP contribution in [0.1, 0.15) is 25.3 Å². The Hall–Kier alpha value is -1.87. The Bertz CT molecular complexity index is 567. The van der Waals surface area contributed by atoms with Gasteiger partial charge in [0.1, 0.15) is 0 Å². The second-order valence-corrected chi connectivity index (χ2v) is 4.69. The normalized spacial score (nSPS) is 14.3. The number of carbonyl (C=O) groups is 1. The Morgan fingerprint density at radius 2 is 1.83 bits per heavy atom. The zero-order valence-corrected chi connectivity index (χ0v) is 10.3. The van der Waals surface area contributed by atoms with Gasteiger partial charge in [-0.05, 0) is 29.7 Å². The van der Waals surface area contributed by atoms with Gasteiger partial charge in [-0.25, -0.2) is 0 Å². The van der Waals surface area contributed by atoms with Crippen LogP contribution in [0, 0.1) is 0 Å². The lowest BCUT2D eigenvalue weighted by atomic mass is 9.87. The summed E-state index contributed by atoms with van der Waals surface area (Å²) in [5, 5.41) is 21.2. The van der Waals surface area contributed by atoms with Gasteiger partial charge in [-0.2, -0.15) is 0 Å². The minimum Gasteiger partial charge on any atom is -0.481 e. The SMILES string of the molecule is CC(O)(CCC(=O)O)c1cccc2ccccc12. The van der Waals surface area contributed by atoms with Crippen molar-refractivity contribution >= 4 is 16.7 Å². The average molecular weight is 244 g/mol. The molecule has 2 rings (SSSR count). The fraction of sp³-hybridized carbons (Fsp3) is 0.267. The number of hydrogen-bond acceptors (Lipinski definition) is 2. The van der Waals surface area contributed by atoms with Crippen LogP contribution in [-0.2, 0) is 10.4 Å². The van der Waals surface area contributed by atoms with E-state index in [0.29, 0.717) is 0 Å². The molecule has 0 saturated carbocycles. The first-order chi connectivity index (χ1) is 8.50. The van der Waals surface area contributed by atoms with Crippen molar-refractivity contribution in [1.82, 2.24) is 0 Å². The summed E-state index contributed by atoms with van der Waals surface area (Å²) in [5.41, 5.74) is -0.346. The highest BCUT2D eigenvalue weighted by Gasteiger charge is 2.25. The fourth-order valence-corrected chi connectivity index (χ4v) is 2.18. The highest BCUT2D eigenvalue weighted by atomic mass is 16.4. The Balaban J connectivity index is 2.43. The molecule has 0 saturated heterocycles. The predicted octanol–water partition coefficient (Wildman–Crippen LogP) is 2.91. The Kier molecular flexibility index (Phi) is 3.34. The number of fused-ring (bicyclic) bond motifs is 1. The van der Waals surface area contributed by atoms with Crippen LogP contribution in [0.5, 0.6) is 0 Å². The van der Waals surface area contributed by atoms with E-state index in [1.807, 2.05) is 42.5 Å². The van der Waals surface area contributed by atoms with Gasteiger partial charge in [0.15, 0.2) is 0 Å². The van der Waals surface area contributed by atoms with Crippen molar-refractivity contribution in [2.45, 2.75) is 25.4 Å². The molecule has 3 nitrogen and oxygen atoms in total. The van der Waals surface area contributed by atoms with Crippen LogP contribution in [0.25, 0.3) is 10.8 Å². The molecule has 0 aliphatic carbocycles. The van der Waals surface area contributed by atoms with Crippen LogP contribution in [0.2, 0.25) is 0 Å². The highest BCUT2D eigenvalue weighted by Crippen LogP contribution is 2.31. The summed E-state index contributed by atoms with van der Waals surface area (Å²) in [6, 6.07) is 13.5. The van der Waals surface area contributed by atoms with E-state index in [2.05, 4.69) is 0 Å². The number of aliphatic hydroxyl groups is 1. The zero-order chi connectivity index (χ0) is 13.2. The minimum absolute atomic E-state index is 0.0454. The maximum absolute atomic E-state index is 10.6. The zero-order valence-electron chi connectivity index (χ0n) is 10.3. The lowest BCUT2D eigenvalue weighted by Gasteiger charge is -2.24. The number of benzene rings is 2. The Morgan fingerprint density at radius 1 is 1.17 bits per heavy atom. The third-order valence-corrected chi connectivity index (χ3v) is 3.20. The van der Waals surface area contributed by atoms with Crippen LogP contribution in [0.3, 0.4) is 0 Å². The number of rotatable bonds is 4. The summed E-state index contributed by atoms with van der Waals surface area (Å²) in [5.74, 6) is -0.893. The second kappa shape index (κ2) is 4.78. The molecule has 1 unspecified atom stereocenters. The van der Waals surface area contributed by atoms with Crippen molar-refractivity contribution in [3.8, 4) is 0 Å². The van der Waals surface area contributed by atoms with Gasteiger partial charge in [0.05, 0.1) is 5.60 Å². The molecular formula is C15H16O3. The smallest absolute Gasteiger partial charge is 0.303 e. The van der Waals surface area contributed by atoms with Gasteiger partial charge in [0, 0.05) is 6.42 Å². The quantitative estimate of drug-likeness (QED) is 0.869. The van der Waals surface area contributed by atoms with Crippen molar-refractivity contribution in [2.24, 2.45) is 0 Å². The molecule has 0 fully saturated rings. The molecule has 0 radical (unpaired) electrons. The Morgan fingerprint density at radius 3 is 2.56 bits per heavy atom. The summed E-state index contributed by atoms with van der Waals surface area (Å²) in [6.07, 6.45) is 0.159. The van der Waals surface area contributed by atoms with Gasteiger partial charge >= 0.3 is 5.97 Å². The standard InChI is InChI=1S/C15H16O3/c1-15(18,10-9-14(16)17)13-8-4-6-11-5-2-3-7-12(11)13/h2-8,18H,9-10H2,1H3,(H,16,17). The number of aliphatic carboxylic acids is 1. The summed E-state index contributed by atoms with van der Waals surface area (Å²) in [6.45, 7) is 1.66. The summed E-state index contributed by atoms with van der Waals surface area (Å²) in [4.78, 5) is 10.6. The maximum atomic E-state index is 10.6. The second-order valence-electron chi connectivity index (χ2n) is 4.69. The molecule has 0 aliphatic rings. The molecule has 0 aliphatic heterocycles. The van der Waals surface area contributed by atoms with Gasteiger partial charge in [-0.15, -0.1) is 0 Å². The first-order valence-corrected chi connectivity index (χ1v) is 5.93. The molecule has 0 aromatic heterocycles. The molecule has 0 spiro atoms. The van der Waals surface area contributed by atoms with Crippen LogP contribution in [0.4, 0.5) is 0 Å². The van der Waals surface area contributed by atoms with E-state index in [-0.39, 0.29) is 12.8 Å². The van der Waals surface area contributed by atoms with Crippen molar-refractivity contribution in [3.63, 3.8) is 0 Å². The van der Waals surface area contributed by atoms with E-state index in [4.69, 9.17) is 5.11 Å². The fourth-order valence-electron chi connectivity index (χ4n) is 2.18. The average Bonchev–Trinajstić information content (AvgIpc) is 2.36. The van der Waals surface area contributed by atoms with Gasteiger partial charge < -0.3 is 10.2 Å². The number of carboxylic acids is 1. The van der Waals surface area contributed by atoms with Gasteiger partial charge in [-0.1, -0.05) is 42.5 Å². The van der Waals surface area contributed by atoms with Crippen molar-refractivity contribution in [2.75, 3.05) is 0 Å². The van der Waals surface area contributed by atoms with E-state index in [9.17, 15) is 9.90 Å². The van der Waals surface area contributed by atoms with Crippen molar-refractivity contribution < 1.29 is 15.0 Å². The lowest BCUT2D eigenvalue weighted by molar-refractivity contribution is -0.138. The minimum atomic E-state index is -1.13. The number of carboxylic acid groups (broad SMARTS) is 1. The molecular weight excluding hydrogens is 228 g/mol. The van der Waals surface area contributed by atoms with Crippen LogP contribution in [-0.4, -0.2) is 16.2 Å². The molecule has 0 heterocycles. The van der Waals surface area contributed by atoms with E-state index >= 15 is 0 Å². The Labute approximate surface area is 106 Å². The van der Waals surface area contributed by atoms with Crippen LogP contribution < -0.4 is 0 Å². The molecule has 2 aromatic carbocycles. The van der Waals surface area contributed by atoms with E-state index in [1.165, 1.54) is 0 Å². The lowest BCUT2D eigenvalue weighted by Crippen LogP contribution is -2.22. The first-order valence-electron chi connectivity index (χ1n) is 5.93. The number of hydrogen-bond donors (Lipinski definition) is 2. The van der Waals surface area contributed by atoms with E-state index in [1.54, 1.807) is 6.92 Å². The molecule has 18 heavy (non-hydrogen) atoms. The van der Waals surface area contributed by atoms with E-state index < -0.39 is 11.6 Å². The molecule has 0 bridgehead atoms. The van der Waals surface area contributed by atoms with Crippen molar-refractivity contribution in [1.29, 1.82) is 0 Å². The topological polar surface area (TPSA) is 57.5 Å². The maximum Gasteiger partial charge on any atom is 0.303 e. The van der Waals surface area contributed by atoms with Crippen LogP contribution in [0.15, 0.2) is 42.5 Å². The molecule has 0 amide bonds. The molecule has 94 valence electrons. The van der Waals surface area contributed by atoms with Gasteiger partial charge in [0.2, 0.25) is 0 Å². The largest absolute Gasteiger partial charge is 0.481 e. The van der Waals surface area contributed by atoms with E-state index in [0.717, 1.165) is 16.3 Å². The summed E-state index contributed by atoms with van der Waals surface area (Å²) in [7, 11) is 0. The summed E-state index contributed by atoms with van der Waals surface area (Å²) < 4.78 is 0. The van der Waals surface area contributed by atoms with Gasteiger partial charge in [0.25, 0.3) is 0 Å². The molecule has 2 N–H and O–H groups in total. The summed E-state index contributed by atoms with van der Waals surface area (Å²) >= 11 is 0. The van der Waals surface area contributed by atoms with Crippen molar-refractivity contribution in [3.05, 3.63) is 48.0 Å². The van der Waals surface area contributed by atoms with Gasteiger partial charge in [-0.3, -0.25) is 4.79 Å². The molecule has 3 heteroatoms. The molecule has 1 atom stereocenters.